The molecule has 32 heavy (non-hydrogen) atoms. The molecule has 0 aliphatic carbocycles. The van der Waals surface area contributed by atoms with Crippen molar-refractivity contribution in [2.24, 2.45) is 0 Å². The quantitative estimate of drug-likeness (QED) is 0.475. The summed E-state index contributed by atoms with van der Waals surface area (Å²) in [5.41, 5.74) is 2.35. The lowest BCUT2D eigenvalue weighted by atomic mass is 10.1. The molecule has 1 aromatic heterocycles. The van der Waals surface area contributed by atoms with Gasteiger partial charge in [0, 0.05) is 55.1 Å². The minimum absolute atomic E-state index is 0.193. The van der Waals surface area contributed by atoms with Gasteiger partial charge in [0.2, 0.25) is 5.91 Å². The number of nitrogens with zero attached hydrogens (tertiary/aromatic N) is 2. The predicted molar refractivity (Wildman–Crippen MR) is 128 cm³/mol. The molecule has 2 heterocycles. The third-order valence-electron chi connectivity index (χ3n) is 5.91. The topological polar surface area (TPSA) is 63.0 Å². The average Bonchev–Trinajstić information content (AvgIpc) is 3.03. The van der Waals surface area contributed by atoms with Crippen LogP contribution in [-0.4, -0.2) is 49.0 Å². The second-order valence-electron chi connectivity index (χ2n) is 8.09. The van der Waals surface area contributed by atoms with Gasteiger partial charge in [0.15, 0.2) is 0 Å². The Kier molecular flexibility index (Phi) is 7.27. The van der Waals surface area contributed by atoms with Gasteiger partial charge in [0.05, 0.1) is 7.11 Å². The van der Waals surface area contributed by atoms with Crippen LogP contribution in [0.15, 0.2) is 62.2 Å². The summed E-state index contributed by atoms with van der Waals surface area (Å²) in [5, 5.41) is 0.949. The Morgan fingerprint density at radius 3 is 2.66 bits per heavy atom. The molecule has 1 fully saturated rings. The second-order valence-corrected chi connectivity index (χ2v) is 9.01. The van der Waals surface area contributed by atoms with Crippen LogP contribution in [0.25, 0.3) is 11.0 Å². The molecular formula is C25H27BrN2O4. The van der Waals surface area contributed by atoms with E-state index in [4.69, 9.17) is 9.15 Å². The van der Waals surface area contributed by atoms with E-state index in [0.717, 1.165) is 59.2 Å². The van der Waals surface area contributed by atoms with Crippen molar-refractivity contribution in [3.05, 3.63) is 74.6 Å². The van der Waals surface area contributed by atoms with E-state index in [2.05, 4.69) is 20.8 Å². The highest BCUT2D eigenvalue weighted by Gasteiger charge is 2.20. The van der Waals surface area contributed by atoms with Gasteiger partial charge < -0.3 is 14.1 Å². The van der Waals surface area contributed by atoms with Gasteiger partial charge in [-0.25, -0.2) is 4.79 Å². The monoisotopic (exact) mass is 498 g/mol. The molecule has 4 rings (SSSR count). The molecule has 0 spiro atoms. The molecule has 7 heteroatoms. The van der Waals surface area contributed by atoms with E-state index in [1.807, 2.05) is 47.4 Å². The summed E-state index contributed by atoms with van der Waals surface area (Å²) in [4.78, 5) is 29.1. The van der Waals surface area contributed by atoms with Gasteiger partial charge in [-0.05, 0) is 54.3 Å². The molecule has 168 valence electrons. The Morgan fingerprint density at radius 2 is 1.88 bits per heavy atom. The first kappa shape index (κ1) is 22.6. The first-order chi connectivity index (χ1) is 15.5. The van der Waals surface area contributed by atoms with Crippen molar-refractivity contribution in [2.75, 3.05) is 33.3 Å². The summed E-state index contributed by atoms with van der Waals surface area (Å²) in [6.45, 7) is 3.81. The fourth-order valence-electron chi connectivity index (χ4n) is 4.16. The zero-order valence-corrected chi connectivity index (χ0v) is 19.8. The fourth-order valence-corrected chi connectivity index (χ4v) is 4.50. The lowest BCUT2D eigenvalue weighted by Crippen LogP contribution is -2.35. The summed E-state index contributed by atoms with van der Waals surface area (Å²) >= 11 is 3.43. The van der Waals surface area contributed by atoms with Gasteiger partial charge >= 0.3 is 5.63 Å². The van der Waals surface area contributed by atoms with Crippen molar-refractivity contribution in [2.45, 2.75) is 25.8 Å². The molecule has 2 aromatic carbocycles. The number of halogens is 1. The van der Waals surface area contributed by atoms with E-state index in [1.54, 1.807) is 13.2 Å². The van der Waals surface area contributed by atoms with Crippen molar-refractivity contribution in [1.29, 1.82) is 0 Å². The molecule has 6 nitrogen and oxygen atoms in total. The number of ether oxygens (including phenoxy) is 1. The maximum Gasteiger partial charge on any atom is 0.336 e. The molecule has 1 aliphatic rings. The van der Waals surface area contributed by atoms with Gasteiger partial charge in [-0.1, -0.05) is 28.1 Å². The van der Waals surface area contributed by atoms with Gasteiger partial charge in [-0.15, -0.1) is 0 Å². The molecule has 0 bridgehead atoms. The van der Waals surface area contributed by atoms with Crippen LogP contribution in [0.4, 0.5) is 0 Å². The molecule has 0 saturated carbocycles. The minimum atomic E-state index is -0.337. The molecule has 1 aliphatic heterocycles. The molecular weight excluding hydrogens is 472 g/mol. The van der Waals surface area contributed by atoms with Gasteiger partial charge in [-0.3, -0.25) is 9.69 Å². The van der Waals surface area contributed by atoms with E-state index in [1.165, 1.54) is 0 Å². The zero-order chi connectivity index (χ0) is 22.5. The van der Waals surface area contributed by atoms with Crippen molar-refractivity contribution in [1.82, 2.24) is 9.80 Å². The summed E-state index contributed by atoms with van der Waals surface area (Å²) in [7, 11) is 1.65. The largest absolute Gasteiger partial charge is 0.497 e. The Hall–Kier alpha value is -2.64. The lowest BCUT2D eigenvalue weighted by molar-refractivity contribution is -0.131. The summed E-state index contributed by atoms with van der Waals surface area (Å²) in [6.07, 6.45) is 2.15. The molecule has 3 aromatic rings. The van der Waals surface area contributed by atoms with Crippen LogP contribution < -0.4 is 10.4 Å². The van der Waals surface area contributed by atoms with Crippen molar-refractivity contribution < 1.29 is 13.9 Å². The van der Waals surface area contributed by atoms with E-state index in [-0.39, 0.29) is 11.5 Å². The molecule has 0 atom stereocenters. The number of hydrogen-bond donors (Lipinski definition) is 0. The fraction of sp³-hybridized carbons (Fsp3) is 0.360. The number of benzene rings is 2. The Labute approximate surface area is 195 Å². The molecule has 0 radical (unpaired) electrons. The maximum atomic E-state index is 12.8. The minimum Gasteiger partial charge on any atom is -0.497 e. The van der Waals surface area contributed by atoms with Crippen molar-refractivity contribution in [3.63, 3.8) is 0 Å². The second kappa shape index (κ2) is 10.3. The normalized spacial score (nSPS) is 15.0. The van der Waals surface area contributed by atoms with Gasteiger partial charge in [0.25, 0.3) is 0 Å². The van der Waals surface area contributed by atoms with E-state index in [9.17, 15) is 9.59 Å². The van der Waals surface area contributed by atoms with Gasteiger partial charge in [-0.2, -0.15) is 0 Å². The summed E-state index contributed by atoms with van der Waals surface area (Å²) in [6, 6.07) is 15.2. The number of amides is 1. The molecule has 1 saturated heterocycles. The van der Waals surface area contributed by atoms with Gasteiger partial charge in [0.1, 0.15) is 11.3 Å². The predicted octanol–water partition coefficient (Wildman–Crippen LogP) is 4.23. The molecule has 1 amide bonds. The van der Waals surface area contributed by atoms with E-state index >= 15 is 0 Å². The smallest absolute Gasteiger partial charge is 0.336 e. The standard InChI is InChI=1S/C25H27BrN2O4/c1-31-21-7-3-18(4-8-21)5-10-24(29)28-12-2-11-27(13-14-28)17-19-15-25(30)32-23-16-20(26)6-9-22(19)23/h3-4,6-9,15-16H,2,5,10-14,17H2,1H3. The van der Waals surface area contributed by atoms with Crippen molar-refractivity contribution in [3.8, 4) is 5.75 Å². The summed E-state index contributed by atoms with van der Waals surface area (Å²) in [5.74, 6) is 1.02. The number of carbonyl (C=O) groups excluding carboxylic acids is 1. The van der Waals surface area contributed by atoms with E-state index in [0.29, 0.717) is 25.1 Å². The van der Waals surface area contributed by atoms with Crippen LogP contribution in [0.2, 0.25) is 0 Å². The summed E-state index contributed by atoms with van der Waals surface area (Å²) < 4.78 is 11.4. The van der Waals surface area contributed by atoms with Crippen LogP contribution in [0.3, 0.4) is 0 Å². The number of methoxy groups -OCH3 is 1. The number of carbonyl (C=O) groups is 1. The van der Waals surface area contributed by atoms with E-state index < -0.39 is 0 Å². The van der Waals surface area contributed by atoms with Crippen LogP contribution in [0, 0.1) is 0 Å². The lowest BCUT2D eigenvalue weighted by Gasteiger charge is -2.22. The highest BCUT2D eigenvalue weighted by atomic mass is 79.9. The van der Waals surface area contributed by atoms with Crippen LogP contribution >= 0.6 is 15.9 Å². The Bertz CT molecular complexity index is 1140. The number of aryl methyl sites for hydroxylation is 1. The number of fused-ring (bicyclic) bond motifs is 1. The van der Waals surface area contributed by atoms with Crippen LogP contribution in [0.1, 0.15) is 24.0 Å². The Morgan fingerprint density at radius 1 is 1.06 bits per heavy atom. The van der Waals surface area contributed by atoms with Crippen LogP contribution in [0.5, 0.6) is 5.75 Å². The number of hydrogen-bond acceptors (Lipinski definition) is 5. The Balaban J connectivity index is 1.35. The first-order valence-electron chi connectivity index (χ1n) is 10.9. The first-order valence-corrected chi connectivity index (χ1v) is 11.7. The number of rotatable bonds is 6. The highest BCUT2D eigenvalue weighted by molar-refractivity contribution is 9.10. The maximum absolute atomic E-state index is 12.8. The highest BCUT2D eigenvalue weighted by Crippen LogP contribution is 2.23. The van der Waals surface area contributed by atoms with Crippen LogP contribution in [-0.2, 0) is 17.8 Å². The average molecular weight is 499 g/mol. The molecule has 0 N–H and O–H groups in total. The van der Waals surface area contributed by atoms with Crippen molar-refractivity contribution >= 4 is 32.8 Å². The zero-order valence-electron chi connectivity index (χ0n) is 18.2. The third kappa shape index (κ3) is 5.58. The SMILES string of the molecule is COc1ccc(CCC(=O)N2CCCN(Cc3cc(=O)oc4cc(Br)ccc34)CC2)cc1. The third-order valence-corrected chi connectivity index (χ3v) is 6.41. The molecule has 0 unspecified atom stereocenters.